The van der Waals surface area contributed by atoms with E-state index in [0.717, 1.165) is 16.4 Å². The van der Waals surface area contributed by atoms with Gasteiger partial charge in [-0.1, -0.05) is 20.8 Å². The molecule has 0 amide bonds. The van der Waals surface area contributed by atoms with Gasteiger partial charge >= 0.3 is 0 Å². The average molecular weight is 187 g/mol. The maximum Gasteiger partial charge on any atom is 0.0175 e. The number of hydrogen-bond donors (Lipinski definition) is 1. The molecule has 0 aromatic carbocycles. The molecule has 0 aliphatic carbocycles. The first-order valence-corrected chi connectivity index (χ1v) is 6.00. The Bertz CT molecular complexity index is 119. The van der Waals surface area contributed by atoms with Crippen LogP contribution < -0.4 is 5.32 Å². The molecule has 1 rings (SSSR count). The van der Waals surface area contributed by atoms with Gasteiger partial charge in [-0.2, -0.15) is 11.8 Å². The van der Waals surface area contributed by atoms with Gasteiger partial charge in [-0.25, -0.2) is 0 Å². The van der Waals surface area contributed by atoms with E-state index in [9.17, 15) is 0 Å². The van der Waals surface area contributed by atoms with Gasteiger partial charge in [-0.05, 0) is 25.3 Å². The Labute approximate surface area is 80.7 Å². The number of piperidine rings is 1. The average Bonchev–Trinajstić information content (AvgIpc) is 2.06. The molecule has 1 saturated heterocycles. The topological polar surface area (TPSA) is 12.0 Å². The van der Waals surface area contributed by atoms with Crippen molar-refractivity contribution >= 4 is 11.8 Å². The van der Waals surface area contributed by atoms with Crippen LogP contribution in [0.3, 0.4) is 0 Å². The van der Waals surface area contributed by atoms with Gasteiger partial charge in [0.2, 0.25) is 0 Å². The van der Waals surface area contributed by atoms with Crippen molar-refractivity contribution < 1.29 is 0 Å². The Morgan fingerprint density at radius 1 is 1.33 bits per heavy atom. The molecule has 0 aromatic heterocycles. The molecule has 12 heavy (non-hydrogen) atoms. The first-order valence-electron chi connectivity index (χ1n) is 5.06. The van der Waals surface area contributed by atoms with Crippen molar-refractivity contribution in [3.63, 3.8) is 0 Å². The predicted octanol–water partition coefficient (Wildman–Crippen LogP) is 2.52. The van der Waals surface area contributed by atoms with Crippen LogP contribution in [0.15, 0.2) is 0 Å². The maximum absolute atomic E-state index is 3.46. The summed E-state index contributed by atoms with van der Waals surface area (Å²) in [5.74, 6) is 0.817. The van der Waals surface area contributed by atoms with Crippen LogP contribution in [0, 0.1) is 5.92 Å². The molecule has 1 heterocycles. The Morgan fingerprint density at radius 3 is 2.58 bits per heavy atom. The smallest absolute Gasteiger partial charge is 0.0175 e. The largest absolute Gasteiger partial charge is 0.316 e. The van der Waals surface area contributed by atoms with Gasteiger partial charge in [-0.3, -0.25) is 0 Å². The summed E-state index contributed by atoms with van der Waals surface area (Å²) in [4.78, 5) is 0. The van der Waals surface area contributed by atoms with Crippen LogP contribution in [0.4, 0.5) is 0 Å². The molecule has 2 atom stereocenters. The molecule has 0 aromatic rings. The van der Waals surface area contributed by atoms with Gasteiger partial charge in [0.15, 0.2) is 0 Å². The van der Waals surface area contributed by atoms with Gasteiger partial charge in [0.1, 0.15) is 0 Å². The molecule has 0 radical (unpaired) electrons. The zero-order valence-corrected chi connectivity index (χ0v) is 9.29. The van der Waals surface area contributed by atoms with Crippen molar-refractivity contribution in [1.29, 1.82) is 0 Å². The molecule has 1 aliphatic heterocycles. The van der Waals surface area contributed by atoms with Gasteiger partial charge in [-0.15, -0.1) is 0 Å². The fourth-order valence-electron chi connectivity index (χ4n) is 1.40. The summed E-state index contributed by atoms with van der Waals surface area (Å²) in [5.41, 5.74) is 0. The SMILES string of the molecule is CC(C)C(C)SC1CCCNC1. The third kappa shape index (κ3) is 3.36. The second kappa shape index (κ2) is 5.13. The molecule has 1 aliphatic rings. The lowest BCUT2D eigenvalue weighted by atomic mass is 10.1. The molecule has 1 nitrogen and oxygen atoms in total. The highest BCUT2D eigenvalue weighted by Gasteiger charge is 2.17. The summed E-state index contributed by atoms with van der Waals surface area (Å²) >= 11 is 2.17. The second-order valence-corrected chi connectivity index (χ2v) is 5.74. The highest BCUT2D eigenvalue weighted by Crippen LogP contribution is 2.27. The van der Waals surface area contributed by atoms with Crippen molar-refractivity contribution in [2.45, 2.75) is 44.1 Å². The monoisotopic (exact) mass is 187 g/mol. The van der Waals surface area contributed by atoms with Gasteiger partial charge in [0, 0.05) is 17.0 Å². The van der Waals surface area contributed by atoms with E-state index in [2.05, 4.69) is 37.8 Å². The van der Waals surface area contributed by atoms with Gasteiger partial charge < -0.3 is 5.32 Å². The summed E-state index contributed by atoms with van der Waals surface area (Å²) in [5, 5.41) is 5.14. The van der Waals surface area contributed by atoms with Crippen molar-refractivity contribution in [2.24, 2.45) is 5.92 Å². The van der Waals surface area contributed by atoms with Crippen molar-refractivity contribution in [3.8, 4) is 0 Å². The van der Waals surface area contributed by atoms with E-state index >= 15 is 0 Å². The number of rotatable bonds is 3. The zero-order valence-electron chi connectivity index (χ0n) is 8.47. The molecule has 1 N–H and O–H groups in total. The third-order valence-electron chi connectivity index (χ3n) is 2.60. The van der Waals surface area contributed by atoms with Crippen LogP contribution in [0.5, 0.6) is 0 Å². The molecule has 2 unspecified atom stereocenters. The summed E-state index contributed by atoms with van der Waals surface area (Å²) in [7, 11) is 0. The quantitative estimate of drug-likeness (QED) is 0.728. The van der Waals surface area contributed by atoms with E-state index < -0.39 is 0 Å². The molecule has 2 heteroatoms. The van der Waals surface area contributed by atoms with E-state index in [4.69, 9.17) is 0 Å². The normalized spacial score (nSPS) is 27.5. The minimum atomic E-state index is 0.815. The van der Waals surface area contributed by atoms with E-state index in [1.807, 2.05) is 0 Å². The van der Waals surface area contributed by atoms with Crippen molar-refractivity contribution in [2.75, 3.05) is 13.1 Å². The Hall–Kier alpha value is 0.310. The Kier molecular flexibility index (Phi) is 4.44. The zero-order chi connectivity index (χ0) is 8.97. The highest BCUT2D eigenvalue weighted by molar-refractivity contribution is 8.00. The lowest BCUT2D eigenvalue weighted by Crippen LogP contribution is -2.33. The lowest BCUT2D eigenvalue weighted by molar-refractivity contribution is 0.526. The minimum Gasteiger partial charge on any atom is -0.316 e. The summed E-state index contributed by atoms with van der Waals surface area (Å²) in [6.07, 6.45) is 2.78. The standard InChI is InChI=1S/C10H21NS/c1-8(2)9(3)12-10-5-4-6-11-7-10/h8-11H,4-7H2,1-3H3. The fourth-order valence-corrected chi connectivity index (χ4v) is 2.83. The maximum atomic E-state index is 3.46. The fraction of sp³-hybridized carbons (Fsp3) is 1.00. The minimum absolute atomic E-state index is 0.815. The Morgan fingerprint density at radius 2 is 2.08 bits per heavy atom. The number of nitrogens with one attached hydrogen (secondary N) is 1. The molecule has 72 valence electrons. The third-order valence-corrected chi connectivity index (χ3v) is 4.36. The number of hydrogen-bond acceptors (Lipinski definition) is 2. The van der Waals surface area contributed by atoms with Crippen LogP contribution in [0.1, 0.15) is 33.6 Å². The molecule has 1 fully saturated rings. The van der Waals surface area contributed by atoms with Crippen LogP contribution in [0.25, 0.3) is 0 Å². The van der Waals surface area contributed by atoms with Crippen LogP contribution in [-0.2, 0) is 0 Å². The first-order chi connectivity index (χ1) is 5.70. The van der Waals surface area contributed by atoms with Crippen LogP contribution >= 0.6 is 11.8 Å². The lowest BCUT2D eigenvalue weighted by Gasteiger charge is -2.26. The van der Waals surface area contributed by atoms with Gasteiger partial charge in [0.25, 0.3) is 0 Å². The van der Waals surface area contributed by atoms with E-state index in [-0.39, 0.29) is 0 Å². The molecule has 0 bridgehead atoms. The first kappa shape index (κ1) is 10.4. The van der Waals surface area contributed by atoms with Crippen LogP contribution in [0.2, 0.25) is 0 Å². The highest BCUT2D eigenvalue weighted by atomic mass is 32.2. The van der Waals surface area contributed by atoms with E-state index in [0.29, 0.717) is 0 Å². The summed E-state index contributed by atoms with van der Waals surface area (Å²) < 4.78 is 0. The summed E-state index contributed by atoms with van der Waals surface area (Å²) in [6, 6.07) is 0. The molecular formula is C10H21NS. The van der Waals surface area contributed by atoms with E-state index in [1.165, 1.54) is 25.9 Å². The van der Waals surface area contributed by atoms with Crippen molar-refractivity contribution in [1.82, 2.24) is 5.32 Å². The molecular weight excluding hydrogens is 166 g/mol. The van der Waals surface area contributed by atoms with Crippen molar-refractivity contribution in [3.05, 3.63) is 0 Å². The predicted molar refractivity (Wildman–Crippen MR) is 57.8 cm³/mol. The van der Waals surface area contributed by atoms with E-state index in [1.54, 1.807) is 0 Å². The second-order valence-electron chi connectivity index (χ2n) is 4.05. The molecule has 0 spiro atoms. The van der Waals surface area contributed by atoms with Crippen LogP contribution in [-0.4, -0.2) is 23.6 Å². The summed E-state index contributed by atoms with van der Waals surface area (Å²) in [6.45, 7) is 9.43. The van der Waals surface area contributed by atoms with Gasteiger partial charge in [0.05, 0.1) is 0 Å². The number of thioether (sulfide) groups is 1. The molecule has 0 saturated carbocycles. The Balaban J connectivity index is 2.20.